The van der Waals surface area contributed by atoms with Crippen LogP contribution in [0.25, 0.3) is 10.9 Å². The molecule has 2 N–H and O–H groups in total. The molecule has 0 saturated heterocycles. The molecular formula is C17H15BrN2O. The van der Waals surface area contributed by atoms with Crippen LogP contribution < -0.4 is 5.32 Å². The maximum absolute atomic E-state index is 12.3. The molecule has 3 nitrogen and oxygen atoms in total. The van der Waals surface area contributed by atoms with Gasteiger partial charge in [0.25, 0.3) is 5.91 Å². The number of carbonyl (C=O) groups is 1. The molecule has 3 rings (SSSR count). The van der Waals surface area contributed by atoms with Crippen LogP contribution in [0.15, 0.2) is 59.2 Å². The number of rotatable bonds is 3. The molecule has 21 heavy (non-hydrogen) atoms. The Bertz CT molecular complexity index is 794. The Balaban J connectivity index is 1.79. The Hall–Kier alpha value is -2.07. The molecule has 0 radical (unpaired) electrons. The van der Waals surface area contributed by atoms with Crippen LogP contribution in [0.4, 0.5) is 0 Å². The van der Waals surface area contributed by atoms with Gasteiger partial charge in [-0.05, 0) is 48.2 Å². The number of halogens is 1. The van der Waals surface area contributed by atoms with Gasteiger partial charge in [0.1, 0.15) is 0 Å². The number of hydrogen-bond acceptors (Lipinski definition) is 1. The summed E-state index contributed by atoms with van der Waals surface area (Å²) in [5.74, 6) is -0.0704. The number of fused-ring (bicyclic) bond motifs is 1. The molecule has 3 aromatic rings. The molecule has 0 aliphatic carbocycles. The van der Waals surface area contributed by atoms with Crippen LogP contribution in [0.1, 0.15) is 28.9 Å². The van der Waals surface area contributed by atoms with Crippen molar-refractivity contribution in [2.45, 2.75) is 13.0 Å². The molecule has 1 aromatic heterocycles. The molecule has 0 saturated carbocycles. The molecule has 0 aliphatic rings. The number of amides is 1. The van der Waals surface area contributed by atoms with Crippen LogP contribution in [-0.4, -0.2) is 10.9 Å². The molecule has 0 spiro atoms. The number of nitrogens with one attached hydrogen (secondary N) is 2. The van der Waals surface area contributed by atoms with Gasteiger partial charge >= 0.3 is 0 Å². The van der Waals surface area contributed by atoms with Crippen molar-refractivity contribution >= 4 is 32.7 Å². The zero-order chi connectivity index (χ0) is 14.8. The molecule has 0 aliphatic heterocycles. The summed E-state index contributed by atoms with van der Waals surface area (Å²) in [6.07, 6.45) is 1.87. The van der Waals surface area contributed by atoms with Crippen molar-refractivity contribution < 1.29 is 4.79 Å². The van der Waals surface area contributed by atoms with E-state index in [0.717, 1.165) is 20.9 Å². The molecule has 0 unspecified atom stereocenters. The third-order valence-corrected chi connectivity index (χ3v) is 4.01. The average Bonchev–Trinajstić information content (AvgIpc) is 2.94. The van der Waals surface area contributed by atoms with E-state index in [4.69, 9.17) is 0 Å². The minimum absolute atomic E-state index is 0.0469. The predicted molar refractivity (Wildman–Crippen MR) is 88.3 cm³/mol. The number of carbonyl (C=O) groups excluding carboxylic acids is 1. The van der Waals surface area contributed by atoms with Crippen LogP contribution in [0, 0.1) is 0 Å². The lowest BCUT2D eigenvalue weighted by Crippen LogP contribution is -2.26. The first-order chi connectivity index (χ1) is 10.1. The van der Waals surface area contributed by atoms with E-state index in [1.165, 1.54) is 0 Å². The lowest BCUT2D eigenvalue weighted by atomic mass is 10.1. The Labute approximate surface area is 131 Å². The van der Waals surface area contributed by atoms with Crippen LogP contribution in [0.3, 0.4) is 0 Å². The Morgan fingerprint density at radius 3 is 2.86 bits per heavy atom. The summed E-state index contributed by atoms with van der Waals surface area (Å²) < 4.78 is 1.01. The van der Waals surface area contributed by atoms with Gasteiger partial charge in [0.05, 0.1) is 6.04 Å². The summed E-state index contributed by atoms with van der Waals surface area (Å²) in [6.45, 7) is 1.98. The SMILES string of the molecule is C[C@@H](NC(=O)c1ccc2cc[nH]c2c1)c1cccc(Br)c1. The molecular weight excluding hydrogens is 328 g/mol. The van der Waals surface area contributed by atoms with Crippen molar-refractivity contribution in [1.82, 2.24) is 10.3 Å². The maximum Gasteiger partial charge on any atom is 0.251 e. The van der Waals surface area contributed by atoms with Gasteiger partial charge in [-0.3, -0.25) is 4.79 Å². The fourth-order valence-corrected chi connectivity index (χ4v) is 2.75. The van der Waals surface area contributed by atoms with Crippen molar-refractivity contribution in [3.8, 4) is 0 Å². The van der Waals surface area contributed by atoms with E-state index < -0.39 is 0 Å². The van der Waals surface area contributed by atoms with E-state index in [9.17, 15) is 4.79 Å². The fraction of sp³-hybridized carbons (Fsp3) is 0.118. The normalized spacial score (nSPS) is 12.3. The standard InChI is InChI=1S/C17H15BrN2O/c1-11(13-3-2-4-15(18)9-13)20-17(21)14-6-5-12-7-8-19-16(12)10-14/h2-11,19H,1H3,(H,20,21)/t11-/m1/s1. The van der Waals surface area contributed by atoms with Gasteiger partial charge < -0.3 is 10.3 Å². The minimum atomic E-state index is -0.0704. The van der Waals surface area contributed by atoms with Crippen LogP contribution >= 0.6 is 15.9 Å². The van der Waals surface area contributed by atoms with Gasteiger partial charge in [-0.1, -0.05) is 34.1 Å². The Kier molecular flexibility index (Phi) is 3.80. The van der Waals surface area contributed by atoms with E-state index in [1.54, 1.807) is 0 Å². The topological polar surface area (TPSA) is 44.9 Å². The second-order valence-electron chi connectivity index (χ2n) is 5.03. The highest BCUT2D eigenvalue weighted by atomic mass is 79.9. The summed E-state index contributed by atoms with van der Waals surface area (Å²) in [5, 5.41) is 4.13. The van der Waals surface area contributed by atoms with Gasteiger partial charge in [0, 0.05) is 21.7 Å². The number of benzene rings is 2. The van der Waals surface area contributed by atoms with Crippen molar-refractivity contribution in [2.24, 2.45) is 0 Å². The lowest BCUT2D eigenvalue weighted by Gasteiger charge is -2.14. The van der Waals surface area contributed by atoms with E-state index in [1.807, 2.05) is 61.7 Å². The molecule has 0 bridgehead atoms. The van der Waals surface area contributed by atoms with Crippen LogP contribution in [0.5, 0.6) is 0 Å². The first kappa shape index (κ1) is 13.9. The highest BCUT2D eigenvalue weighted by molar-refractivity contribution is 9.10. The third kappa shape index (κ3) is 3.00. The third-order valence-electron chi connectivity index (χ3n) is 3.51. The van der Waals surface area contributed by atoms with Gasteiger partial charge in [-0.2, -0.15) is 0 Å². The molecule has 0 fully saturated rings. The van der Waals surface area contributed by atoms with Crippen molar-refractivity contribution in [3.63, 3.8) is 0 Å². The Morgan fingerprint density at radius 2 is 2.05 bits per heavy atom. The maximum atomic E-state index is 12.3. The summed E-state index contributed by atoms with van der Waals surface area (Å²) >= 11 is 3.45. The number of aromatic amines is 1. The summed E-state index contributed by atoms with van der Waals surface area (Å²) in [6, 6.07) is 15.6. The number of aromatic nitrogens is 1. The van der Waals surface area contributed by atoms with Crippen LogP contribution in [-0.2, 0) is 0 Å². The average molecular weight is 343 g/mol. The zero-order valence-electron chi connectivity index (χ0n) is 11.6. The summed E-state index contributed by atoms with van der Waals surface area (Å²) in [5.41, 5.74) is 2.70. The molecule has 1 amide bonds. The summed E-state index contributed by atoms with van der Waals surface area (Å²) in [7, 11) is 0. The first-order valence-electron chi connectivity index (χ1n) is 6.77. The molecule has 2 aromatic carbocycles. The highest BCUT2D eigenvalue weighted by Gasteiger charge is 2.12. The van der Waals surface area contributed by atoms with E-state index in [2.05, 4.69) is 26.2 Å². The number of H-pyrrole nitrogens is 1. The van der Waals surface area contributed by atoms with E-state index >= 15 is 0 Å². The second kappa shape index (κ2) is 5.74. The predicted octanol–water partition coefficient (Wildman–Crippen LogP) is 4.42. The van der Waals surface area contributed by atoms with Crippen molar-refractivity contribution in [2.75, 3.05) is 0 Å². The van der Waals surface area contributed by atoms with E-state index in [0.29, 0.717) is 5.56 Å². The fourth-order valence-electron chi connectivity index (χ4n) is 2.33. The molecule has 1 atom stereocenters. The number of hydrogen-bond donors (Lipinski definition) is 2. The minimum Gasteiger partial charge on any atom is -0.361 e. The van der Waals surface area contributed by atoms with Gasteiger partial charge in [-0.25, -0.2) is 0 Å². The van der Waals surface area contributed by atoms with Gasteiger partial charge in [0.2, 0.25) is 0 Å². The Morgan fingerprint density at radius 1 is 1.19 bits per heavy atom. The largest absolute Gasteiger partial charge is 0.361 e. The van der Waals surface area contributed by atoms with Crippen molar-refractivity contribution in [1.29, 1.82) is 0 Å². The summed E-state index contributed by atoms with van der Waals surface area (Å²) in [4.78, 5) is 15.5. The lowest BCUT2D eigenvalue weighted by molar-refractivity contribution is 0.0940. The zero-order valence-corrected chi connectivity index (χ0v) is 13.1. The van der Waals surface area contributed by atoms with Gasteiger partial charge in [0.15, 0.2) is 0 Å². The molecule has 106 valence electrons. The van der Waals surface area contributed by atoms with Crippen molar-refractivity contribution in [3.05, 3.63) is 70.3 Å². The van der Waals surface area contributed by atoms with Crippen LogP contribution in [0.2, 0.25) is 0 Å². The monoisotopic (exact) mass is 342 g/mol. The first-order valence-corrected chi connectivity index (χ1v) is 7.56. The highest BCUT2D eigenvalue weighted by Crippen LogP contribution is 2.19. The molecule has 4 heteroatoms. The second-order valence-corrected chi connectivity index (χ2v) is 5.95. The molecule has 1 heterocycles. The van der Waals surface area contributed by atoms with Gasteiger partial charge in [-0.15, -0.1) is 0 Å². The quantitative estimate of drug-likeness (QED) is 0.726. The van der Waals surface area contributed by atoms with E-state index in [-0.39, 0.29) is 11.9 Å². The smallest absolute Gasteiger partial charge is 0.251 e.